The van der Waals surface area contributed by atoms with Crippen LogP contribution in [0.2, 0.25) is 0 Å². The van der Waals surface area contributed by atoms with Crippen LogP contribution in [-0.2, 0) is 0 Å². The van der Waals surface area contributed by atoms with Gasteiger partial charge in [-0.3, -0.25) is 4.98 Å². The molecule has 0 amide bonds. The van der Waals surface area contributed by atoms with Gasteiger partial charge in [0.05, 0.1) is 11.7 Å². The maximum atomic E-state index is 13.5. The number of nitrogens with zero attached hydrogens (tertiary/aromatic N) is 1. The molecule has 0 saturated carbocycles. The van der Waals surface area contributed by atoms with Crippen molar-refractivity contribution in [2.75, 3.05) is 0 Å². The first-order chi connectivity index (χ1) is 7.09. The van der Waals surface area contributed by atoms with E-state index in [1.54, 1.807) is 6.07 Å². The van der Waals surface area contributed by atoms with Gasteiger partial charge in [0.2, 0.25) is 0 Å². The zero-order chi connectivity index (χ0) is 11.0. The van der Waals surface area contributed by atoms with Crippen LogP contribution in [0.25, 0.3) is 10.9 Å². The topological polar surface area (TPSA) is 12.9 Å². The third-order valence-electron chi connectivity index (χ3n) is 2.40. The van der Waals surface area contributed by atoms with Gasteiger partial charge in [0, 0.05) is 17.0 Å². The summed E-state index contributed by atoms with van der Waals surface area (Å²) in [6.45, 7) is 3.81. The summed E-state index contributed by atoms with van der Waals surface area (Å²) in [5, 5.41) is 0.686. The summed E-state index contributed by atoms with van der Waals surface area (Å²) in [5.41, 5.74) is 1.10. The molecule has 1 nitrogen and oxygen atoms in total. The summed E-state index contributed by atoms with van der Waals surface area (Å²) in [6, 6.07) is 4.23. The van der Waals surface area contributed by atoms with Crippen molar-refractivity contribution in [1.82, 2.24) is 4.98 Å². The fourth-order valence-electron chi connectivity index (χ4n) is 1.75. The van der Waals surface area contributed by atoms with Gasteiger partial charge in [-0.15, -0.1) is 0 Å². The second kappa shape index (κ2) is 3.57. The van der Waals surface area contributed by atoms with E-state index in [4.69, 9.17) is 0 Å². The molecule has 0 aliphatic rings. The number of aromatic nitrogens is 1. The molecule has 0 aliphatic carbocycles. The Labute approximate surface area is 86.8 Å². The van der Waals surface area contributed by atoms with Crippen LogP contribution in [0.1, 0.15) is 25.3 Å². The summed E-state index contributed by atoms with van der Waals surface area (Å²) in [6.07, 6.45) is 1.15. The van der Waals surface area contributed by atoms with E-state index in [9.17, 15) is 8.78 Å². The van der Waals surface area contributed by atoms with Gasteiger partial charge in [-0.25, -0.2) is 8.78 Å². The van der Waals surface area contributed by atoms with Gasteiger partial charge in [0.15, 0.2) is 0 Å². The molecule has 1 aromatic carbocycles. The van der Waals surface area contributed by atoms with Crippen molar-refractivity contribution in [3.05, 3.63) is 41.6 Å². The van der Waals surface area contributed by atoms with Gasteiger partial charge >= 0.3 is 0 Å². The SMILES string of the molecule is CC(C)c1c(F)cnc2cc(F)ccc12. The van der Waals surface area contributed by atoms with Gasteiger partial charge in [-0.1, -0.05) is 13.8 Å². The highest BCUT2D eigenvalue weighted by Gasteiger charge is 2.12. The van der Waals surface area contributed by atoms with Gasteiger partial charge in [-0.05, 0) is 18.1 Å². The van der Waals surface area contributed by atoms with E-state index in [0.29, 0.717) is 16.5 Å². The standard InChI is InChI=1S/C12H11F2N/c1-7(2)12-9-4-3-8(13)5-11(9)15-6-10(12)14/h3-7H,1-2H3. The first-order valence-electron chi connectivity index (χ1n) is 4.83. The molecule has 2 aromatic rings. The van der Waals surface area contributed by atoms with Crippen molar-refractivity contribution in [2.24, 2.45) is 0 Å². The minimum atomic E-state index is -0.351. The Morgan fingerprint density at radius 3 is 2.60 bits per heavy atom. The minimum Gasteiger partial charge on any atom is -0.253 e. The Morgan fingerprint density at radius 1 is 1.20 bits per heavy atom. The van der Waals surface area contributed by atoms with Crippen LogP contribution in [0.15, 0.2) is 24.4 Å². The molecule has 0 saturated heterocycles. The lowest BCUT2D eigenvalue weighted by molar-refractivity contribution is 0.595. The van der Waals surface area contributed by atoms with Crippen LogP contribution in [-0.4, -0.2) is 4.98 Å². The van der Waals surface area contributed by atoms with E-state index >= 15 is 0 Å². The number of pyridine rings is 1. The molecule has 15 heavy (non-hydrogen) atoms. The molecular weight excluding hydrogens is 196 g/mol. The van der Waals surface area contributed by atoms with Gasteiger partial charge in [-0.2, -0.15) is 0 Å². The molecule has 0 spiro atoms. The van der Waals surface area contributed by atoms with Crippen LogP contribution in [0.4, 0.5) is 8.78 Å². The molecule has 0 bridgehead atoms. The molecule has 1 heterocycles. The Morgan fingerprint density at radius 2 is 1.93 bits per heavy atom. The Hall–Kier alpha value is -1.51. The van der Waals surface area contributed by atoms with Crippen LogP contribution < -0.4 is 0 Å². The van der Waals surface area contributed by atoms with Crippen molar-refractivity contribution < 1.29 is 8.78 Å². The molecule has 0 fully saturated rings. The lowest BCUT2D eigenvalue weighted by Crippen LogP contribution is -1.97. The van der Waals surface area contributed by atoms with Crippen molar-refractivity contribution >= 4 is 10.9 Å². The monoisotopic (exact) mass is 207 g/mol. The van der Waals surface area contributed by atoms with E-state index in [-0.39, 0.29) is 17.6 Å². The van der Waals surface area contributed by atoms with Crippen LogP contribution >= 0.6 is 0 Å². The third kappa shape index (κ3) is 1.69. The molecule has 0 aliphatic heterocycles. The highest BCUT2D eigenvalue weighted by molar-refractivity contribution is 5.82. The van der Waals surface area contributed by atoms with E-state index in [1.807, 2.05) is 13.8 Å². The van der Waals surface area contributed by atoms with E-state index < -0.39 is 0 Å². The maximum Gasteiger partial charge on any atom is 0.145 e. The second-order valence-electron chi connectivity index (χ2n) is 3.84. The first kappa shape index (κ1) is 10.0. The van der Waals surface area contributed by atoms with Crippen LogP contribution in [0, 0.1) is 11.6 Å². The highest BCUT2D eigenvalue weighted by atomic mass is 19.1. The highest BCUT2D eigenvalue weighted by Crippen LogP contribution is 2.26. The van der Waals surface area contributed by atoms with Crippen molar-refractivity contribution in [3.8, 4) is 0 Å². The summed E-state index contributed by atoms with van der Waals surface area (Å²) in [5.74, 6) is -0.624. The molecule has 3 heteroatoms. The van der Waals surface area contributed by atoms with Crippen LogP contribution in [0.3, 0.4) is 0 Å². The fraction of sp³-hybridized carbons (Fsp3) is 0.250. The number of fused-ring (bicyclic) bond motifs is 1. The Balaban J connectivity index is 2.82. The second-order valence-corrected chi connectivity index (χ2v) is 3.84. The molecular formula is C12H11F2N. The number of benzene rings is 1. The van der Waals surface area contributed by atoms with E-state index in [1.165, 1.54) is 12.1 Å². The van der Waals surface area contributed by atoms with Crippen LogP contribution in [0.5, 0.6) is 0 Å². The zero-order valence-corrected chi connectivity index (χ0v) is 8.59. The smallest absolute Gasteiger partial charge is 0.145 e. The lowest BCUT2D eigenvalue weighted by atomic mass is 9.98. The van der Waals surface area contributed by atoms with E-state index in [2.05, 4.69) is 4.98 Å². The molecule has 78 valence electrons. The van der Waals surface area contributed by atoms with Crippen molar-refractivity contribution in [2.45, 2.75) is 19.8 Å². The zero-order valence-electron chi connectivity index (χ0n) is 8.59. The largest absolute Gasteiger partial charge is 0.253 e. The van der Waals surface area contributed by atoms with Gasteiger partial charge < -0.3 is 0 Å². The normalized spacial score (nSPS) is 11.3. The number of hydrogen-bond acceptors (Lipinski definition) is 1. The van der Waals surface area contributed by atoms with Gasteiger partial charge in [0.25, 0.3) is 0 Å². The fourth-order valence-corrected chi connectivity index (χ4v) is 1.75. The average Bonchev–Trinajstić information content (AvgIpc) is 2.17. The quantitative estimate of drug-likeness (QED) is 0.695. The van der Waals surface area contributed by atoms with E-state index in [0.717, 1.165) is 6.20 Å². The number of hydrogen-bond donors (Lipinski definition) is 0. The predicted molar refractivity (Wildman–Crippen MR) is 55.7 cm³/mol. The summed E-state index contributed by atoms with van der Waals surface area (Å²) in [4.78, 5) is 3.87. The molecule has 1 aromatic heterocycles. The predicted octanol–water partition coefficient (Wildman–Crippen LogP) is 3.64. The average molecular weight is 207 g/mol. The maximum absolute atomic E-state index is 13.5. The molecule has 0 radical (unpaired) electrons. The molecule has 0 unspecified atom stereocenters. The lowest BCUT2D eigenvalue weighted by Gasteiger charge is -2.10. The third-order valence-corrected chi connectivity index (χ3v) is 2.40. The molecule has 0 N–H and O–H groups in total. The number of halogens is 2. The number of rotatable bonds is 1. The Bertz CT molecular complexity index is 506. The summed E-state index contributed by atoms with van der Waals surface area (Å²) in [7, 11) is 0. The first-order valence-corrected chi connectivity index (χ1v) is 4.83. The molecule has 0 atom stereocenters. The summed E-state index contributed by atoms with van der Waals surface area (Å²) >= 11 is 0. The minimum absolute atomic E-state index is 0.0564. The van der Waals surface area contributed by atoms with Crippen molar-refractivity contribution in [3.63, 3.8) is 0 Å². The van der Waals surface area contributed by atoms with Gasteiger partial charge in [0.1, 0.15) is 11.6 Å². The Kier molecular flexibility index (Phi) is 2.39. The molecule has 2 rings (SSSR count). The van der Waals surface area contributed by atoms with Crippen molar-refractivity contribution in [1.29, 1.82) is 0 Å². The summed E-state index contributed by atoms with van der Waals surface area (Å²) < 4.78 is 26.5.